The summed E-state index contributed by atoms with van der Waals surface area (Å²) in [6.07, 6.45) is 0.605. The summed E-state index contributed by atoms with van der Waals surface area (Å²) < 4.78 is 28.6. The Kier molecular flexibility index (Phi) is 6.48. The second-order valence-electron chi connectivity index (χ2n) is 5.33. The number of carboxylic acid groups (broad SMARTS) is 1. The molecule has 0 fully saturated rings. The molecule has 0 aliphatic heterocycles. The second kappa shape index (κ2) is 8.58. The maximum absolute atomic E-state index is 12.0. The lowest BCUT2D eigenvalue weighted by molar-refractivity contribution is -0.138. The van der Waals surface area contributed by atoms with Gasteiger partial charge in [0.2, 0.25) is 0 Å². The number of hydrogen-bond acceptors (Lipinski definition) is 3. The van der Waals surface area contributed by atoms with E-state index in [4.69, 9.17) is 0 Å². The average molecular weight is 348 g/mol. The van der Waals surface area contributed by atoms with Crippen molar-refractivity contribution in [3.8, 4) is 0 Å². The van der Waals surface area contributed by atoms with E-state index >= 15 is 0 Å². The van der Waals surface area contributed by atoms with Gasteiger partial charge in [-0.2, -0.15) is 13.1 Å². The molecule has 0 saturated heterocycles. The highest BCUT2D eigenvalue weighted by molar-refractivity contribution is 7.87. The minimum Gasteiger partial charge on any atom is -0.480 e. The third-order valence-electron chi connectivity index (χ3n) is 3.43. The van der Waals surface area contributed by atoms with Crippen LogP contribution in [-0.4, -0.2) is 32.1 Å². The van der Waals surface area contributed by atoms with Gasteiger partial charge in [0.25, 0.3) is 10.2 Å². The Morgan fingerprint density at radius 3 is 2.04 bits per heavy atom. The largest absolute Gasteiger partial charge is 0.480 e. The average Bonchev–Trinajstić information content (AvgIpc) is 2.56. The van der Waals surface area contributed by atoms with E-state index in [2.05, 4.69) is 9.44 Å². The zero-order valence-corrected chi connectivity index (χ0v) is 13.9. The number of rotatable bonds is 9. The molecule has 0 aromatic heterocycles. The van der Waals surface area contributed by atoms with Crippen LogP contribution in [0, 0.1) is 0 Å². The van der Waals surface area contributed by atoms with Crippen LogP contribution < -0.4 is 9.44 Å². The maximum atomic E-state index is 12.0. The first kappa shape index (κ1) is 18.1. The molecule has 24 heavy (non-hydrogen) atoms. The summed E-state index contributed by atoms with van der Waals surface area (Å²) in [4.78, 5) is 11.3. The minimum absolute atomic E-state index is 0.0791. The van der Waals surface area contributed by atoms with Crippen molar-refractivity contribution in [2.24, 2.45) is 0 Å². The van der Waals surface area contributed by atoms with E-state index in [0.29, 0.717) is 6.42 Å². The summed E-state index contributed by atoms with van der Waals surface area (Å²) in [5, 5.41) is 9.25. The molecule has 1 atom stereocenters. The first-order valence-electron chi connectivity index (χ1n) is 7.54. The van der Waals surface area contributed by atoms with Crippen molar-refractivity contribution < 1.29 is 18.3 Å². The SMILES string of the molecule is O=C(O)[C@H](Cc1ccccc1)NS(=O)(=O)NCCc1ccccc1. The number of carbonyl (C=O) groups is 1. The van der Waals surface area contributed by atoms with Crippen molar-refractivity contribution in [1.29, 1.82) is 0 Å². The molecule has 128 valence electrons. The van der Waals surface area contributed by atoms with Gasteiger partial charge in [-0.15, -0.1) is 0 Å². The smallest absolute Gasteiger partial charge is 0.322 e. The van der Waals surface area contributed by atoms with E-state index in [1.54, 1.807) is 24.3 Å². The monoisotopic (exact) mass is 348 g/mol. The van der Waals surface area contributed by atoms with Crippen LogP contribution in [0.4, 0.5) is 0 Å². The Labute approximate surface area is 141 Å². The first-order valence-corrected chi connectivity index (χ1v) is 9.02. The predicted octanol–water partition coefficient (Wildman–Crippen LogP) is 1.35. The molecule has 0 heterocycles. The summed E-state index contributed by atoms with van der Waals surface area (Å²) in [5.41, 5.74) is 1.75. The van der Waals surface area contributed by atoms with Crippen LogP contribution in [-0.2, 0) is 27.8 Å². The van der Waals surface area contributed by atoms with Gasteiger partial charge in [0.15, 0.2) is 0 Å². The quantitative estimate of drug-likeness (QED) is 0.637. The van der Waals surface area contributed by atoms with E-state index in [0.717, 1.165) is 11.1 Å². The summed E-state index contributed by atoms with van der Waals surface area (Å²) in [7, 11) is -3.90. The first-order chi connectivity index (χ1) is 11.5. The molecule has 0 amide bonds. The molecule has 3 N–H and O–H groups in total. The Bertz CT molecular complexity index is 749. The lowest BCUT2D eigenvalue weighted by Gasteiger charge is -2.15. The molecular weight excluding hydrogens is 328 g/mol. The van der Waals surface area contributed by atoms with Crippen molar-refractivity contribution in [1.82, 2.24) is 9.44 Å². The molecule has 0 aliphatic rings. The topological polar surface area (TPSA) is 95.5 Å². The predicted molar refractivity (Wildman–Crippen MR) is 91.8 cm³/mol. The van der Waals surface area contributed by atoms with Gasteiger partial charge in [-0.1, -0.05) is 60.7 Å². The number of aliphatic carboxylic acids is 1. The van der Waals surface area contributed by atoms with Crippen LogP contribution in [0.3, 0.4) is 0 Å². The fraction of sp³-hybridized carbons (Fsp3) is 0.235. The molecule has 0 bridgehead atoms. The standard InChI is InChI=1S/C17H20N2O4S/c20-17(21)16(13-15-9-5-2-6-10-15)19-24(22,23)18-12-11-14-7-3-1-4-8-14/h1-10,16,18-19H,11-13H2,(H,20,21)/t16-/m0/s1. The van der Waals surface area contributed by atoms with Gasteiger partial charge in [0.05, 0.1) is 0 Å². The molecule has 0 spiro atoms. The lowest BCUT2D eigenvalue weighted by atomic mass is 10.1. The van der Waals surface area contributed by atoms with Gasteiger partial charge in [-0.25, -0.2) is 4.72 Å². The van der Waals surface area contributed by atoms with Crippen molar-refractivity contribution >= 4 is 16.2 Å². The molecule has 0 saturated carbocycles. The van der Waals surface area contributed by atoms with Crippen LogP contribution in [0.15, 0.2) is 60.7 Å². The lowest BCUT2D eigenvalue weighted by Crippen LogP contribution is -2.47. The normalized spacial score (nSPS) is 12.7. The maximum Gasteiger partial charge on any atom is 0.322 e. The summed E-state index contributed by atoms with van der Waals surface area (Å²) in [6, 6.07) is 17.1. The summed E-state index contributed by atoms with van der Waals surface area (Å²) in [5.74, 6) is -1.22. The second-order valence-corrected chi connectivity index (χ2v) is 6.86. The Morgan fingerprint density at radius 1 is 0.958 bits per heavy atom. The van der Waals surface area contributed by atoms with Crippen molar-refractivity contribution in [3.05, 3.63) is 71.8 Å². The number of carboxylic acids is 1. The van der Waals surface area contributed by atoms with E-state index in [1.807, 2.05) is 36.4 Å². The van der Waals surface area contributed by atoms with Crippen LogP contribution in [0.1, 0.15) is 11.1 Å². The molecule has 0 aliphatic carbocycles. The highest BCUT2D eigenvalue weighted by Crippen LogP contribution is 2.04. The molecule has 7 heteroatoms. The Morgan fingerprint density at radius 2 is 1.50 bits per heavy atom. The zero-order valence-electron chi connectivity index (χ0n) is 13.1. The van der Waals surface area contributed by atoms with Gasteiger partial charge in [-0.3, -0.25) is 4.79 Å². The van der Waals surface area contributed by atoms with Gasteiger partial charge in [0.1, 0.15) is 6.04 Å². The fourth-order valence-electron chi connectivity index (χ4n) is 2.23. The van der Waals surface area contributed by atoms with Crippen molar-refractivity contribution in [3.63, 3.8) is 0 Å². The molecule has 2 aromatic rings. The Hall–Kier alpha value is -2.22. The van der Waals surface area contributed by atoms with E-state index in [-0.39, 0.29) is 13.0 Å². The zero-order chi connectivity index (χ0) is 17.4. The Balaban J connectivity index is 1.91. The number of benzene rings is 2. The van der Waals surface area contributed by atoms with Gasteiger partial charge in [-0.05, 0) is 24.0 Å². The van der Waals surface area contributed by atoms with Crippen molar-refractivity contribution in [2.75, 3.05) is 6.54 Å². The van der Waals surface area contributed by atoms with Crippen LogP contribution in [0.25, 0.3) is 0 Å². The van der Waals surface area contributed by atoms with Gasteiger partial charge >= 0.3 is 5.97 Å². The molecular formula is C17H20N2O4S. The fourth-order valence-corrected chi connectivity index (χ4v) is 3.25. The van der Waals surface area contributed by atoms with Crippen LogP contribution in [0.5, 0.6) is 0 Å². The molecule has 2 aromatic carbocycles. The van der Waals surface area contributed by atoms with E-state index < -0.39 is 22.2 Å². The van der Waals surface area contributed by atoms with Gasteiger partial charge in [0, 0.05) is 6.54 Å². The third-order valence-corrected chi connectivity index (χ3v) is 4.61. The van der Waals surface area contributed by atoms with Crippen molar-refractivity contribution in [2.45, 2.75) is 18.9 Å². The molecule has 0 unspecified atom stereocenters. The van der Waals surface area contributed by atoms with E-state index in [1.165, 1.54) is 0 Å². The highest BCUT2D eigenvalue weighted by atomic mass is 32.2. The highest BCUT2D eigenvalue weighted by Gasteiger charge is 2.23. The van der Waals surface area contributed by atoms with Gasteiger partial charge < -0.3 is 5.11 Å². The molecule has 2 rings (SSSR count). The van der Waals surface area contributed by atoms with Crippen LogP contribution >= 0.6 is 0 Å². The number of nitrogens with one attached hydrogen (secondary N) is 2. The number of hydrogen-bond donors (Lipinski definition) is 3. The summed E-state index contributed by atoms with van der Waals surface area (Å²) in [6.45, 7) is 0.191. The van der Waals surface area contributed by atoms with Crippen LogP contribution in [0.2, 0.25) is 0 Å². The molecule has 6 nitrogen and oxygen atoms in total. The third kappa shape index (κ3) is 6.11. The minimum atomic E-state index is -3.90. The summed E-state index contributed by atoms with van der Waals surface area (Å²) >= 11 is 0. The van der Waals surface area contributed by atoms with E-state index in [9.17, 15) is 18.3 Å². The molecule has 0 radical (unpaired) electrons.